The van der Waals surface area contributed by atoms with Gasteiger partial charge in [0.1, 0.15) is 0 Å². The number of pyridine rings is 1. The average Bonchev–Trinajstić information content (AvgIpc) is 2.71. The van der Waals surface area contributed by atoms with Crippen molar-refractivity contribution in [1.29, 1.82) is 0 Å². The van der Waals surface area contributed by atoms with Crippen LogP contribution in [0.15, 0.2) is 23.0 Å². The molecule has 1 aromatic carbocycles. The molecule has 0 saturated carbocycles. The zero-order valence-electron chi connectivity index (χ0n) is 19.0. The summed E-state index contributed by atoms with van der Waals surface area (Å²) in [6.07, 6.45) is 0.984. The summed E-state index contributed by atoms with van der Waals surface area (Å²) >= 11 is 5.64. The van der Waals surface area contributed by atoms with Crippen LogP contribution in [0.4, 0.5) is 0 Å². The van der Waals surface area contributed by atoms with Crippen molar-refractivity contribution in [1.82, 2.24) is 20.1 Å². The Labute approximate surface area is 185 Å². The van der Waals surface area contributed by atoms with E-state index in [-0.39, 0.29) is 5.56 Å². The first-order valence-electron chi connectivity index (χ1n) is 10.8. The van der Waals surface area contributed by atoms with Crippen molar-refractivity contribution in [2.45, 2.75) is 40.7 Å². The molecule has 0 bridgehead atoms. The predicted molar refractivity (Wildman–Crippen MR) is 129 cm³/mol. The van der Waals surface area contributed by atoms with E-state index in [4.69, 9.17) is 17.0 Å². The number of nitrogens with zero attached hydrogens (tertiary/aromatic N) is 2. The third-order valence-electron chi connectivity index (χ3n) is 5.42. The normalized spacial score (nSPS) is 11.3. The number of benzene rings is 1. The topological polar surface area (TPSA) is 60.6 Å². The number of thiocarbonyl (C=S) groups is 1. The van der Waals surface area contributed by atoms with Crippen molar-refractivity contribution in [3.05, 3.63) is 45.2 Å². The number of hydrogen-bond donors (Lipinski definition) is 2. The minimum atomic E-state index is -0.0547. The molecule has 0 spiro atoms. The van der Waals surface area contributed by atoms with Crippen LogP contribution < -0.4 is 10.9 Å². The van der Waals surface area contributed by atoms with Crippen LogP contribution in [0.3, 0.4) is 0 Å². The summed E-state index contributed by atoms with van der Waals surface area (Å²) in [6, 6.07) is 6.17. The summed E-state index contributed by atoms with van der Waals surface area (Å²) in [5.41, 5.74) is 3.87. The molecule has 2 rings (SSSR count). The predicted octanol–water partition coefficient (Wildman–Crippen LogP) is 3.20. The van der Waals surface area contributed by atoms with Gasteiger partial charge in [0.15, 0.2) is 5.11 Å². The molecule has 166 valence electrons. The lowest BCUT2D eigenvalue weighted by Gasteiger charge is -2.27. The number of hydrogen-bond acceptors (Lipinski definition) is 4. The number of rotatable bonds is 11. The molecule has 0 saturated heterocycles. The van der Waals surface area contributed by atoms with E-state index in [1.54, 1.807) is 7.11 Å². The van der Waals surface area contributed by atoms with Crippen LogP contribution >= 0.6 is 12.2 Å². The van der Waals surface area contributed by atoms with Gasteiger partial charge >= 0.3 is 0 Å². The third kappa shape index (κ3) is 6.79. The Morgan fingerprint density at radius 1 is 1.17 bits per heavy atom. The fraction of sp³-hybridized carbons (Fsp3) is 0.565. The quantitative estimate of drug-likeness (QED) is 0.420. The maximum absolute atomic E-state index is 12.8. The van der Waals surface area contributed by atoms with Crippen molar-refractivity contribution in [2.24, 2.45) is 0 Å². The molecule has 0 fully saturated rings. The van der Waals surface area contributed by atoms with Gasteiger partial charge in [-0.1, -0.05) is 19.9 Å². The molecule has 1 aromatic heterocycles. The second-order valence-corrected chi connectivity index (χ2v) is 8.08. The molecular formula is C23H36N4O2S. The second kappa shape index (κ2) is 12.0. The molecule has 2 aromatic rings. The second-order valence-electron chi connectivity index (χ2n) is 7.69. The minimum absolute atomic E-state index is 0.0547. The zero-order chi connectivity index (χ0) is 22.1. The lowest BCUT2D eigenvalue weighted by atomic mass is 10.0. The number of nitrogens with one attached hydrogen (secondary N) is 2. The Morgan fingerprint density at radius 2 is 1.90 bits per heavy atom. The third-order valence-corrected chi connectivity index (χ3v) is 5.82. The summed E-state index contributed by atoms with van der Waals surface area (Å²) in [5, 5.41) is 4.99. The molecule has 0 aliphatic carbocycles. The highest BCUT2D eigenvalue weighted by Crippen LogP contribution is 2.19. The van der Waals surface area contributed by atoms with Gasteiger partial charge < -0.3 is 24.8 Å². The van der Waals surface area contributed by atoms with Gasteiger partial charge in [-0.3, -0.25) is 4.79 Å². The molecule has 30 heavy (non-hydrogen) atoms. The van der Waals surface area contributed by atoms with Crippen molar-refractivity contribution in [3.8, 4) is 0 Å². The van der Waals surface area contributed by atoms with Crippen LogP contribution in [0.5, 0.6) is 0 Å². The molecule has 2 N–H and O–H groups in total. The monoisotopic (exact) mass is 432 g/mol. The number of H-pyrrole nitrogens is 1. The number of fused-ring (bicyclic) bond motifs is 1. The Hall–Kier alpha value is -1.96. The highest BCUT2D eigenvalue weighted by Gasteiger charge is 2.14. The summed E-state index contributed by atoms with van der Waals surface area (Å²) in [6.45, 7) is 14.1. The maximum Gasteiger partial charge on any atom is 0.253 e. The zero-order valence-corrected chi connectivity index (χ0v) is 19.8. The van der Waals surface area contributed by atoms with Crippen LogP contribution in [0, 0.1) is 13.8 Å². The van der Waals surface area contributed by atoms with Crippen molar-refractivity contribution in [3.63, 3.8) is 0 Å². The van der Waals surface area contributed by atoms with E-state index in [0.717, 1.165) is 60.2 Å². The number of aromatic nitrogens is 1. The SMILES string of the molecule is CCN(CC)CCCN(Cc1cc2c(C)cc(C)cc2[nH]c1=O)C(=S)NCCOC. The van der Waals surface area contributed by atoms with E-state index in [0.29, 0.717) is 24.8 Å². The van der Waals surface area contributed by atoms with Crippen LogP contribution in [0.1, 0.15) is 37.0 Å². The molecule has 0 aliphatic rings. The molecular weight excluding hydrogens is 396 g/mol. The minimum Gasteiger partial charge on any atom is -0.383 e. The van der Waals surface area contributed by atoms with E-state index in [2.05, 4.69) is 46.9 Å². The Kier molecular flexibility index (Phi) is 9.75. The number of methoxy groups -OCH3 is 1. The summed E-state index contributed by atoms with van der Waals surface area (Å²) < 4.78 is 5.12. The Balaban J connectivity index is 2.21. The standard InChI is InChI=1S/C23H36N4O2S/c1-6-26(7-2)10-8-11-27(23(30)24-9-12-29-5)16-19-15-20-18(4)13-17(3)14-21(20)25-22(19)28/h13-15H,6-12,16H2,1-5H3,(H,24,30)(H,25,28). The van der Waals surface area contributed by atoms with Gasteiger partial charge in [0.25, 0.3) is 5.56 Å². The Morgan fingerprint density at radius 3 is 2.57 bits per heavy atom. The summed E-state index contributed by atoms with van der Waals surface area (Å²) in [4.78, 5) is 20.3. The van der Waals surface area contributed by atoms with Crippen molar-refractivity contribution < 1.29 is 4.74 Å². The molecule has 0 aliphatic heterocycles. The van der Waals surface area contributed by atoms with Gasteiger partial charge in [0.2, 0.25) is 0 Å². The first kappa shape index (κ1) is 24.3. The smallest absolute Gasteiger partial charge is 0.253 e. The molecule has 1 heterocycles. The first-order chi connectivity index (χ1) is 14.4. The fourth-order valence-corrected chi connectivity index (χ4v) is 3.95. The summed E-state index contributed by atoms with van der Waals surface area (Å²) in [5.74, 6) is 0. The van der Waals surface area contributed by atoms with E-state index in [1.807, 2.05) is 19.1 Å². The Bertz CT molecular complexity index is 893. The van der Waals surface area contributed by atoms with Crippen molar-refractivity contribution in [2.75, 3.05) is 46.4 Å². The number of aromatic amines is 1. The van der Waals surface area contributed by atoms with E-state index >= 15 is 0 Å². The van der Waals surface area contributed by atoms with Crippen LogP contribution in [0.25, 0.3) is 10.9 Å². The number of aryl methyl sites for hydroxylation is 2. The van der Waals surface area contributed by atoms with Crippen LogP contribution in [-0.4, -0.2) is 66.3 Å². The highest BCUT2D eigenvalue weighted by atomic mass is 32.1. The molecule has 7 heteroatoms. The van der Waals surface area contributed by atoms with Gasteiger partial charge in [0.05, 0.1) is 13.2 Å². The lowest BCUT2D eigenvalue weighted by molar-refractivity contribution is 0.202. The average molecular weight is 433 g/mol. The van der Waals surface area contributed by atoms with Gasteiger partial charge in [-0.2, -0.15) is 0 Å². The molecule has 0 atom stereocenters. The highest BCUT2D eigenvalue weighted by molar-refractivity contribution is 7.80. The molecule has 0 amide bonds. The summed E-state index contributed by atoms with van der Waals surface area (Å²) in [7, 11) is 1.67. The lowest BCUT2D eigenvalue weighted by Crippen LogP contribution is -2.42. The maximum atomic E-state index is 12.8. The van der Waals surface area contributed by atoms with Gasteiger partial charge in [-0.15, -0.1) is 0 Å². The largest absolute Gasteiger partial charge is 0.383 e. The fourth-order valence-electron chi connectivity index (χ4n) is 3.69. The first-order valence-corrected chi connectivity index (χ1v) is 11.2. The van der Waals surface area contributed by atoms with E-state index in [1.165, 1.54) is 0 Å². The van der Waals surface area contributed by atoms with Gasteiger partial charge in [-0.25, -0.2) is 0 Å². The van der Waals surface area contributed by atoms with Crippen LogP contribution in [-0.2, 0) is 11.3 Å². The molecule has 0 unspecified atom stereocenters. The van der Waals surface area contributed by atoms with E-state index < -0.39 is 0 Å². The number of ether oxygens (including phenoxy) is 1. The van der Waals surface area contributed by atoms with E-state index in [9.17, 15) is 4.79 Å². The van der Waals surface area contributed by atoms with Crippen LogP contribution in [0.2, 0.25) is 0 Å². The molecule has 6 nitrogen and oxygen atoms in total. The van der Waals surface area contributed by atoms with Crippen molar-refractivity contribution >= 4 is 28.2 Å². The molecule has 0 radical (unpaired) electrons. The van der Waals surface area contributed by atoms with Gasteiger partial charge in [0, 0.05) is 36.7 Å². The van der Waals surface area contributed by atoms with Gasteiger partial charge in [-0.05, 0) is 75.4 Å².